The number of carbonyl (C=O) groups is 1. The van der Waals surface area contributed by atoms with E-state index < -0.39 is 19.9 Å². The number of amides is 1. The molecule has 1 atom stereocenters. The number of rotatable bonds is 6. The fourth-order valence-electron chi connectivity index (χ4n) is 2.66. The molecule has 1 aromatic carbocycles. The van der Waals surface area contributed by atoms with E-state index in [4.69, 9.17) is 4.74 Å². The highest BCUT2D eigenvalue weighted by Crippen LogP contribution is 2.29. The third kappa shape index (κ3) is 4.71. The molecule has 25 heavy (non-hydrogen) atoms. The van der Waals surface area contributed by atoms with Gasteiger partial charge < -0.3 is 10.1 Å². The minimum absolute atomic E-state index is 0.0172. The lowest BCUT2D eigenvalue weighted by Crippen LogP contribution is -2.23. The third-order valence-corrected chi connectivity index (χ3v) is 7.68. The largest absolute Gasteiger partial charge is 0.495 e. The molecule has 140 valence electrons. The van der Waals surface area contributed by atoms with Crippen molar-refractivity contribution in [2.24, 2.45) is 5.92 Å². The first-order chi connectivity index (χ1) is 11.5. The summed E-state index contributed by atoms with van der Waals surface area (Å²) in [5, 5.41) is 2.63. The van der Waals surface area contributed by atoms with Gasteiger partial charge in [0, 0.05) is 26.2 Å². The van der Waals surface area contributed by atoms with Crippen molar-refractivity contribution in [3.8, 4) is 5.75 Å². The van der Waals surface area contributed by atoms with Crippen LogP contribution in [0.3, 0.4) is 0 Å². The van der Waals surface area contributed by atoms with Gasteiger partial charge in [0.1, 0.15) is 10.6 Å². The molecular weight excluding hydrogens is 368 g/mol. The summed E-state index contributed by atoms with van der Waals surface area (Å²) in [5.41, 5.74) is 0.312. The molecule has 0 radical (unpaired) electrons. The van der Waals surface area contributed by atoms with E-state index in [1.54, 1.807) is 0 Å². The van der Waals surface area contributed by atoms with Crippen molar-refractivity contribution in [2.45, 2.75) is 17.7 Å². The van der Waals surface area contributed by atoms with Crippen LogP contribution in [-0.4, -0.2) is 59.8 Å². The Hall–Kier alpha value is -1.65. The lowest BCUT2D eigenvalue weighted by Gasteiger charge is -2.16. The molecular formula is C15H22N2O6S2. The molecule has 1 aliphatic rings. The number of nitrogens with zero attached hydrogens (tertiary/aromatic N) is 1. The Morgan fingerprint density at radius 3 is 2.56 bits per heavy atom. The third-order valence-electron chi connectivity index (χ3n) is 4.01. The molecule has 1 fully saturated rings. The van der Waals surface area contributed by atoms with Crippen molar-refractivity contribution >= 4 is 31.5 Å². The van der Waals surface area contributed by atoms with Crippen LogP contribution in [0.25, 0.3) is 0 Å². The Kier molecular flexibility index (Phi) is 5.75. The summed E-state index contributed by atoms with van der Waals surface area (Å²) in [6.45, 7) is 0. The van der Waals surface area contributed by atoms with Crippen molar-refractivity contribution in [2.75, 3.05) is 38.0 Å². The van der Waals surface area contributed by atoms with Gasteiger partial charge in [-0.3, -0.25) is 4.79 Å². The SMILES string of the molecule is COc1ccc(NC(=O)C[C@@H]2CCS(=O)(=O)C2)cc1S(=O)(=O)N(C)C. The van der Waals surface area contributed by atoms with Gasteiger partial charge in [0.25, 0.3) is 0 Å². The van der Waals surface area contributed by atoms with Gasteiger partial charge in [-0.15, -0.1) is 0 Å². The van der Waals surface area contributed by atoms with Crippen molar-refractivity contribution in [1.29, 1.82) is 0 Å². The van der Waals surface area contributed by atoms with Gasteiger partial charge in [-0.05, 0) is 30.5 Å². The number of carbonyl (C=O) groups excluding carboxylic acids is 1. The standard InChI is InChI=1S/C15H22N2O6S2/c1-17(2)25(21,22)14-9-12(4-5-13(14)23-3)16-15(18)8-11-6-7-24(19,20)10-11/h4-5,9,11H,6-8,10H2,1-3H3,(H,16,18)/t11-/m0/s1. The maximum atomic E-state index is 12.4. The van der Waals surface area contributed by atoms with Crippen LogP contribution in [0.1, 0.15) is 12.8 Å². The molecule has 1 aromatic rings. The molecule has 0 unspecified atom stereocenters. The highest BCUT2D eigenvalue weighted by Gasteiger charge is 2.29. The minimum Gasteiger partial charge on any atom is -0.495 e. The predicted molar refractivity (Wildman–Crippen MR) is 93.9 cm³/mol. The van der Waals surface area contributed by atoms with Crippen LogP contribution in [0.4, 0.5) is 5.69 Å². The van der Waals surface area contributed by atoms with Gasteiger partial charge in [-0.1, -0.05) is 0 Å². The van der Waals surface area contributed by atoms with Gasteiger partial charge in [-0.2, -0.15) is 0 Å². The summed E-state index contributed by atoms with van der Waals surface area (Å²) in [6.07, 6.45) is 0.555. The van der Waals surface area contributed by atoms with E-state index >= 15 is 0 Å². The summed E-state index contributed by atoms with van der Waals surface area (Å²) in [5.74, 6) is -0.246. The van der Waals surface area contributed by atoms with Gasteiger partial charge in [-0.25, -0.2) is 21.1 Å². The van der Waals surface area contributed by atoms with Crippen molar-refractivity contribution < 1.29 is 26.4 Å². The first kappa shape index (κ1) is 19.7. The average Bonchev–Trinajstić information content (AvgIpc) is 2.85. The Morgan fingerprint density at radius 2 is 2.04 bits per heavy atom. The molecule has 1 saturated heterocycles. The second-order valence-electron chi connectivity index (χ2n) is 6.17. The van der Waals surface area contributed by atoms with Crippen molar-refractivity contribution in [3.63, 3.8) is 0 Å². The second-order valence-corrected chi connectivity index (χ2v) is 10.5. The van der Waals surface area contributed by atoms with E-state index in [0.717, 1.165) is 4.31 Å². The Balaban J connectivity index is 2.16. The zero-order valence-corrected chi connectivity index (χ0v) is 16.0. The molecule has 0 bridgehead atoms. The normalized spacial score (nSPS) is 19.8. The summed E-state index contributed by atoms with van der Waals surface area (Å²) in [4.78, 5) is 12.1. The number of anilines is 1. The molecule has 2 rings (SSSR count). The zero-order chi connectivity index (χ0) is 18.8. The van der Waals surface area contributed by atoms with Gasteiger partial charge >= 0.3 is 0 Å². The molecule has 1 aliphatic heterocycles. The number of sulfonamides is 1. The van der Waals surface area contributed by atoms with E-state index in [2.05, 4.69) is 5.32 Å². The molecule has 1 amide bonds. The molecule has 0 saturated carbocycles. The number of benzene rings is 1. The Labute approximate surface area is 148 Å². The van der Waals surface area contributed by atoms with E-state index in [1.165, 1.54) is 39.4 Å². The van der Waals surface area contributed by atoms with Crippen LogP contribution >= 0.6 is 0 Å². The predicted octanol–water partition coefficient (Wildman–Crippen LogP) is 0.709. The number of sulfone groups is 1. The molecule has 8 nitrogen and oxygen atoms in total. The molecule has 10 heteroatoms. The molecule has 0 spiro atoms. The number of methoxy groups -OCH3 is 1. The number of hydrogen-bond donors (Lipinski definition) is 1. The highest BCUT2D eigenvalue weighted by molar-refractivity contribution is 7.91. The first-order valence-corrected chi connectivity index (χ1v) is 10.9. The lowest BCUT2D eigenvalue weighted by molar-refractivity contribution is -0.116. The van der Waals surface area contributed by atoms with Gasteiger partial charge in [0.2, 0.25) is 15.9 Å². The average molecular weight is 390 g/mol. The maximum absolute atomic E-state index is 12.4. The van der Waals surface area contributed by atoms with Crippen molar-refractivity contribution in [1.82, 2.24) is 4.31 Å². The Morgan fingerprint density at radius 1 is 1.36 bits per heavy atom. The van der Waals surface area contributed by atoms with Crippen LogP contribution in [-0.2, 0) is 24.7 Å². The summed E-state index contributed by atoms with van der Waals surface area (Å²) >= 11 is 0. The molecule has 1 heterocycles. The van der Waals surface area contributed by atoms with Crippen molar-refractivity contribution in [3.05, 3.63) is 18.2 Å². The molecule has 1 N–H and O–H groups in total. The number of ether oxygens (including phenoxy) is 1. The highest BCUT2D eigenvalue weighted by atomic mass is 32.2. The van der Waals surface area contributed by atoms with Crippen LogP contribution < -0.4 is 10.1 Å². The quantitative estimate of drug-likeness (QED) is 0.766. The topological polar surface area (TPSA) is 110 Å². The summed E-state index contributed by atoms with van der Waals surface area (Å²) < 4.78 is 53.8. The number of hydrogen-bond acceptors (Lipinski definition) is 6. The monoisotopic (exact) mass is 390 g/mol. The number of nitrogens with one attached hydrogen (secondary N) is 1. The molecule has 0 aromatic heterocycles. The summed E-state index contributed by atoms with van der Waals surface area (Å²) in [7, 11) is -2.61. The van der Waals surface area contributed by atoms with E-state index in [-0.39, 0.29) is 40.4 Å². The lowest BCUT2D eigenvalue weighted by atomic mass is 10.1. The molecule has 0 aliphatic carbocycles. The van der Waals surface area contributed by atoms with E-state index in [9.17, 15) is 21.6 Å². The van der Waals surface area contributed by atoms with E-state index in [1.807, 2.05) is 0 Å². The van der Waals surface area contributed by atoms with Gasteiger partial charge in [0.15, 0.2) is 9.84 Å². The van der Waals surface area contributed by atoms with Gasteiger partial charge in [0.05, 0.1) is 18.6 Å². The van der Waals surface area contributed by atoms with Crippen LogP contribution in [0.5, 0.6) is 5.75 Å². The fourth-order valence-corrected chi connectivity index (χ4v) is 5.60. The van der Waals surface area contributed by atoms with Crippen LogP contribution in [0.15, 0.2) is 23.1 Å². The van der Waals surface area contributed by atoms with E-state index in [0.29, 0.717) is 12.1 Å². The van der Waals surface area contributed by atoms with Crippen LogP contribution in [0.2, 0.25) is 0 Å². The smallest absolute Gasteiger partial charge is 0.246 e. The first-order valence-electron chi connectivity index (χ1n) is 7.66. The zero-order valence-electron chi connectivity index (χ0n) is 14.4. The fraction of sp³-hybridized carbons (Fsp3) is 0.533. The summed E-state index contributed by atoms with van der Waals surface area (Å²) in [6, 6.07) is 4.33. The van der Waals surface area contributed by atoms with Crippen LogP contribution in [0, 0.1) is 5.92 Å². The maximum Gasteiger partial charge on any atom is 0.246 e. The minimum atomic E-state index is -3.74. The second kappa shape index (κ2) is 7.30. The Bertz CT molecular complexity index is 862.